The molecule has 0 aliphatic carbocycles. The summed E-state index contributed by atoms with van der Waals surface area (Å²) in [4.78, 5) is 12.1. The predicted octanol–water partition coefficient (Wildman–Crippen LogP) is 5.34. The molecule has 5 nitrogen and oxygen atoms in total. The minimum atomic E-state index is -0.325. The highest BCUT2D eigenvalue weighted by Gasteiger charge is 2.23. The van der Waals surface area contributed by atoms with Gasteiger partial charge in [0.2, 0.25) is 0 Å². The fourth-order valence-corrected chi connectivity index (χ4v) is 3.04. The normalized spacial score (nSPS) is 15.8. The molecule has 1 aliphatic rings. The van der Waals surface area contributed by atoms with Crippen molar-refractivity contribution in [3.8, 4) is 11.5 Å². The topological polar surface area (TPSA) is 59.6 Å². The molecule has 3 aromatic carbocycles. The van der Waals surface area contributed by atoms with Gasteiger partial charge in [0.05, 0.1) is 0 Å². The van der Waals surface area contributed by atoms with Gasteiger partial charge in [-0.05, 0) is 73.5 Å². The first-order valence-corrected chi connectivity index (χ1v) is 9.39. The van der Waals surface area contributed by atoms with Gasteiger partial charge in [0, 0.05) is 23.7 Å². The second-order valence-electron chi connectivity index (χ2n) is 6.63. The fraction of sp³-hybridized carbons (Fsp3) is 0.174. The smallest absolute Gasteiger partial charge is 0.253 e. The second kappa shape index (κ2) is 8.59. The lowest BCUT2D eigenvalue weighted by Gasteiger charge is -2.12. The molecule has 1 heterocycles. The summed E-state index contributed by atoms with van der Waals surface area (Å²) >= 11 is 0. The summed E-state index contributed by atoms with van der Waals surface area (Å²) in [7, 11) is 0. The maximum Gasteiger partial charge on any atom is 0.253 e. The number of nitrogens with one attached hydrogen (secondary N) is 2. The summed E-state index contributed by atoms with van der Waals surface area (Å²) in [6.07, 6.45) is 1.40. The van der Waals surface area contributed by atoms with Crippen molar-refractivity contribution in [2.45, 2.75) is 18.9 Å². The first kappa shape index (κ1) is 18.1. The van der Waals surface area contributed by atoms with Gasteiger partial charge in [-0.15, -0.1) is 0 Å². The van der Waals surface area contributed by atoms with Gasteiger partial charge in [-0.1, -0.05) is 18.2 Å². The zero-order chi connectivity index (χ0) is 19.2. The van der Waals surface area contributed by atoms with Gasteiger partial charge in [0.25, 0.3) is 5.91 Å². The first-order chi connectivity index (χ1) is 13.8. The van der Waals surface area contributed by atoms with Gasteiger partial charge in [-0.2, -0.15) is 0 Å². The van der Waals surface area contributed by atoms with E-state index in [2.05, 4.69) is 10.6 Å². The van der Waals surface area contributed by atoms with Crippen LogP contribution in [0, 0.1) is 0 Å². The van der Waals surface area contributed by atoms with Gasteiger partial charge < -0.3 is 20.1 Å². The Bertz CT molecular complexity index is 903. The van der Waals surface area contributed by atoms with Gasteiger partial charge in [-0.3, -0.25) is 4.79 Å². The van der Waals surface area contributed by atoms with Gasteiger partial charge in [-0.25, -0.2) is 0 Å². The molecular formula is C23H22N2O3. The number of benzene rings is 3. The van der Waals surface area contributed by atoms with E-state index in [1.807, 2.05) is 78.9 Å². The summed E-state index contributed by atoms with van der Waals surface area (Å²) in [5.74, 6) is 1.51. The van der Waals surface area contributed by atoms with E-state index in [9.17, 15) is 4.79 Å². The minimum absolute atomic E-state index is 0.0767. The van der Waals surface area contributed by atoms with Crippen LogP contribution in [0.1, 0.15) is 12.8 Å². The second-order valence-corrected chi connectivity index (χ2v) is 6.63. The Morgan fingerprint density at radius 1 is 0.821 bits per heavy atom. The molecule has 0 saturated carbocycles. The van der Waals surface area contributed by atoms with E-state index in [1.165, 1.54) is 0 Å². The van der Waals surface area contributed by atoms with E-state index < -0.39 is 0 Å². The minimum Gasteiger partial charge on any atom is -0.457 e. The highest BCUT2D eigenvalue weighted by atomic mass is 16.5. The van der Waals surface area contributed by atoms with Crippen molar-refractivity contribution >= 4 is 23.0 Å². The zero-order valence-electron chi connectivity index (χ0n) is 15.4. The Balaban J connectivity index is 1.33. The van der Waals surface area contributed by atoms with Crippen molar-refractivity contribution in [1.29, 1.82) is 0 Å². The summed E-state index contributed by atoms with van der Waals surface area (Å²) in [5.41, 5.74) is 2.65. The largest absolute Gasteiger partial charge is 0.457 e. The molecule has 1 atom stereocenters. The summed E-state index contributed by atoms with van der Waals surface area (Å²) in [6.45, 7) is 0.663. The Morgan fingerprint density at radius 2 is 1.43 bits per heavy atom. The van der Waals surface area contributed by atoms with Crippen LogP contribution in [-0.2, 0) is 9.53 Å². The van der Waals surface area contributed by atoms with Gasteiger partial charge in [0.15, 0.2) is 0 Å². The molecule has 1 fully saturated rings. The Hall–Kier alpha value is -3.31. The van der Waals surface area contributed by atoms with E-state index in [1.54, 1.807) is 0 Å². The Morgan fingerprint density at radius 3 is 2.07 bits per heavy atom. The lowest BCUT2D eigenvalue weighted by molar-refractivity contribution is -0.124. The number of rotatable bonds is 6. The molecule has 0 aromatic heterocycles. The lowest BCUT2D eigenvalue weighted by atomic mass is 10.2. The summed E-state index contributed by atoms with van der Waals surface area (Å²) in [6, 6.07) is 25.1. The van der Waals surface area contributed by atoms with Crippen molar-refractivity contribution in [2.24, 2.45) is 0 Å². The fourth-order valence-electron chi connectivity index (χ4n) is 3.04. The molecule has 2 N–H and O–H groups in total. The first-order valence-electron chi connectivity index (χ1n) is 9.39. The average Bonchev–Trinajstić information content (AvgIpc) is 3.27. The SMILES string of the molecule is O=C(Nc1ccc(Nc2ccc(Oc3ccccc3)cc2)cc1)C1CCCO1. The summed E-state index contributed by atoms with van der Waals surface area (Å²) < 4.78 is 11.2. The molecule has 1 aliphatic heterocycles. The number of para-hydroxylation sites is 1. The number of amides is 1. The highest BCUT2D eigenvalue weighted by molar-refractivity contribution is 5.94. The standard InChI is InChI=1S/C23H22N2O3/c26-23(22-7-4-16-27-22)25-19-10-8-17(9-11-19)24-18-12-14-21(15-13-18)28-20-5-2-1-3-6-20/h1-3,5-6,8-15,22,24H,4,7,16H2,(H,25,26). The third kappa shape index (κ3) is 4.69. The van der Waals surface area contributed by atoms with Gasteiger partial charge in [0.1, 0.15) is 17.6 Å². The number of anilines is 3. The van der Waals surface area contributed by atoms with Gasteiger partial charge >= 0.3 is 0 Å². The number of carbonyl (C=O) groups is 1. The van der Waals surface area contributed by atoms with E-state index in [-0.39, 0.29) is 12.0 Å². The van der Waals surface area contributed by atoms with Crippen molar-refractivity contribution in [2.75, 3.05) is 17.2 Å². The van der Waals surface area contributed by atoms with Crippen LogP contribution in [0.5, 0.6) is 11.5 Å². The molecule has 5 heteroatoms. The molecule has 142 valence electrons. The third-order valence-corrected chi connectivity index (χ3v) is 4.50. The van der Waals surface area contributed by atoms with E-state index in [0.29, 0.717) is 6.61 Å². The molecule has 28 heavy (non-hydrogen) atoms. The number of carbonyl (C=O) groups excluding carboxylic acids is 1. The quantitative estimate of drug-likeness (QED) is 0.611. The molecule has 0 bridgehead atoms. The molecule has 1 amide bonds. The van der Waals surface area contributed by atoms with Crippen LogP contribution in [-0.4, -0.2) is 18.6 Å². The maximum absolute atomic E-state index is 12.1. The van der Waals surface area contributed by atoms with Crippen molar-refractivity contribution in [3.05, 3.63) is 78.9 Å². The Labute approximate surface area is 164 Å². The van der Waals surface area contributed by atoms with Crippen LogP contribution in [0.4, 0.5) is 17.1 Å². The van der Waals surface area contributed by atoms with Crippen LogP contribution in [0.3, 0.4) is 0 Å². The maximum atomic E-state index is 12.1. The van der Waals surface area contributed by atoms with E-state index >= 15 is 0 Å². The highest BCUT2D eigenvalue weighted by Crippen LogP contribution is 2.25. The molecule has 0 spiro atoms. The van der Waals surface area contributed by atoms with Crippen LogP contribution in [0.25, 0.3) is 0 Å². The predicted molar refractivity (Wildman–Crippen MR) is 110 cm³/mol. The van der Waals surface area contributed by atoms with Crippen LogP contribution >= 0.6 is 0 Å². The van der Waals surface area contributed by atoms with Crippen LogP contribution < -0.4 is 15.4 Å². The number of hydrogen-bond donors (Lipinski definition) is 2. The average molecular weight is 374 g/mol. The molecule has 0 radical (unpaired) electrons. The molecule has 4 rings (SSSR count). The number of ether oxygens (including phenoxy) is 2. The third-order valence-electron chi connectivity index (χ3n) is 4.50. The van der Waals surface area contributed by atoms with Crippen LogP contribution in [0.2, 0.25) is 0 Å². The lowest BCUT2D eigenvalue weighted by Crippen LogP contribution is -2.26. The molecular weight excluding hydrogens is 352 g/mol. The molecule has 1 saturated heterocycles. The molecule has 3 aromatic rings. The van der Waals surface area contributed by atoms with Crippen molar-refractivity contribution in [1.82, 2.24) is 0 Å². The van der Waals surface area contributed by atoms with Crippen molar-refractivity contribution in [3.63, 3.8) is 0 Å². The van der Waals surface area contributed by atoms with E-state index in [4.69, 9.17) is 9.47 Å². The monoisotopic (exact) mass is 374 g/mol. The Kier molecular flexibility index (Phi) is 5.54. The number of hydrogen-bond acceptors (Lipinski definition) is 4. The molecule has 1 unspecified atom stereocenters. The van der Waals surface area contributed by atoms with Crippen molar-refractivity contribution < 1.29 is 14.3 Å². The summed E-state index contributed by atoms with van der Waals surface area (Å²) in [5, 5.41) is 6.23. The van der Waals surface area contributed by atoms with Crippen LogP contribution in [0.15, 0.2) is 78.9 Å². The van der Waals surface area contributed by atoms with E-state index in [0.717, 1.165) is 41.4 Å². The zero-order valence-corrected chi connectivity index (χ0v) is 15.4.